The second-order valence-corrected chi connectivity index (χ2v) is 5.34. The van der Waals surface area contributed by atoms with Crippen LogP contribution >= 0.6 is 0 Å². The standard InChI is InChI=1S/C8H15NO5S/c1-14-8(11)6-15(12,13)9-4-2-3-7(9)5-10/h7,10H,2-6H2,1H3/t7-/m1/s1. The molecule has 88 valence electrons. The number of ether oxygens (including phenoxy) is 1. The Morgan fingerprint density at radius 3 is 2.80 bits per heavy atom. The summed E-state index contributed by atoms with van der Waals surface area (Å²) in [6.45, 7) is 0.158. The Morgan fingerprint density at radius 2 is 2.27 bits per heavy atom. The molecule has 7 heteroatoms. The number of methoxy groups -OCH3 is 1. The molecule has 0 amide bonds. The SMILES string of the molecule is COC(=O)CS(=O)(=O)N1CCC[C@@H]1CO. The zero-order valence-corrected chi connectivity index (χ0v) is 9.37. The summed E-state index contributed by atoms with van der Waals surface area (Å²) in [6.07, 6.45) is 1.35. The van der Waals surface area contributed by atoms with Gasteiger partial charge in [-0.3, -0.25) is 4.79 Å². The highest BCUT2D eigenvalue weighted by Gasteiger charge is 2.35. The number of aliphatic hydroxyl groups excluding tert-OH is 1. The Bertz CT molecular complexity index is 326. The molecule has 0 radical (unpaired) electrons. The van der Waals surface area contributed by atoms with Crippen LogP contribution in [0.5, 0.6) is 0 Å². The number of hydrogen-bond donors (Lipinski definition) is 1. The average molecular weight is 237 g/mol. The molecule has 0 bridgehead atoms. The van der Waals surface area contributed by atoms with E-state index in [-0.39, 0.29) is 12.6 Å². The van der Waals surface area contributed by atoms with E-state index in [1.165, 1.54) is 4.31 Å². The molecule has 0 aromatic heterocycles. The smallest absolute Gasteiger partial charge is 0.322 e. The third-order valence-electron chi connectivity index (χ3n) is 2.42. The first kappa shape index (κ1) is 12.4. The Balaban J connectivity index is 2.72. The maximum atomic E-state index is 11.7. The largest absolute Gasteiger partial charge is 0.468 e. The van der Waals surface area contributed by atoms with Gasteiger partial charge in [0, 0.05) is 12.6 Å². The van der Waals surface area contributed by atoms with Crippen molar-refractivity contribution in [1.82, 2.24) is 4.31 Å². The zero-order chi connectivity index (χ0) is 11.5. The van der Waals surface area contributed by atoms with Gasteiger partial charge >= 0.3 is 5.97 Å². The van der Waals surface area contributed by atoms with Gasteiger partial charge in [0.25, 0.3) is 0 Å². The Kier molecular flexibility index (Phi) is 4.06. The van der Waals surface area contributed by atoms with Crippen molar-refractivity contribution in [3.8, 4) is 0 Å². The molecule has 6 nitrogen and oxygen atoms in total. The summed E-state index contributed by atoms with van der Waals surface area (Å²) in [5, 5.41) is 8.97. The molecule has 1 fully saturated rings. The number of aliphatic hydroxyl groups is 1. The van der Waals surface area contributed by atoms with Crippen LogP contribution < -0.4 is 0 Å². The molecule has 1 N–H and O–H groups in total. The van der Waals surface area contributed by atoms with E-state index in [0.717, 1.165) is 7.11 Å². The van der Waals surface area contributed by atoms with Gasteiger partial charge < -0.3 is 9.84 Å². The van der Waals surface area contributed by atoms with Crippen molar-refractivity contribution in [2.75, 3.05) is 26.0 Å². The molecule has 1 aliphatic rings. The monoisotopic (exact) mass is 237 g/mol. The third kappa shape index (κ3) is 2.90. The zero-order valence-electron chi connectivity index (χ0n) is 8.55. The number of sulfonamides is 1. The van der Waals surface area contributed by atoms with Crippen LogP contribution in [0, 0.1) is 0 Å². The molecule has 1 saturated heterocycles. The van der Waals surface area contributed by atoms with Gasteiger partial charge in [-0.15, -0.1) is 0 Å². The minimum Gasteiger partial charge on any atom is -0.468 e. The lowest BCUT2D eigenvalue weighted by atomic mass is 10.2. The molecule has 1 atom stereocenters. The molecule has 15 heavy (non-hydrogen) atoms. The van der Waals surface area contributed by atoms with Crippen molar-refractivity contribution in [3.63, 3.8) is 0 Å². The van der Waals surface area contributed by atoms with Gasteiger partial charge in [-0.05, 0) is 12.8 Å². The highest BCUT2D eigenvalue weighted by atomic mass is 32.2. The number of rotatable bonds is 4. The van der Waals surface area contributed by atoms with Crippen LogP contribution in [-0.2, 0) is 19.6 Å². The van der Waals surface area contributed by atoms with Crippen LogP contribution in [0.3, 0.4) is 0 Å². The maximum absolute atomic E-state index is 11.7. The van der Waals surface area contributed by atoms with E-state index in [0.29, 0.717) is 19.4 Å². The molecule has 0 unspecified atom stereocenters. The third-order valence-corrected chi connectivity index (χ3v) is 4.21. The van der Waals surface area contributed by atoms with Crippen LogP contribution in [0.1, 0.15) is 12.8 Å². The second-order valence-electron chi connectivity index (χ2n) is 3.42. The summed E-state index contributed by atoms with van der Waals surface area (Å²) in [6, 6.07) is -0.389. The first-order valence-corrected chi connectivity index (χ1v) is 6.29. The lowest BCUT2D eigenvalue weighted by molar-refractivity contribution is -0.137. The molecule has 1 heterocycles. The van der Waals surface area contributed by atoms with Crippen LogP contribution in [0.4, 0.5) is 0 Å². The van der Waals surface area contributed by atoms with Gasteiger partial charge in [0.1, 0.15) is 0 Å². The molecular weight excluding hydrogens is 222 g/mol. The first-order chi connectivity index (χ1) is 7.01. The van der Waals surface area contributed by atoms with E-state index in [9.17, 15) is 13.2 Å². The molecule has 0 aliphatic carbocycles. The number of carbonyl (C=O) groups excluding carboxylic acids is 1. The van der Waals surface area contributed by atoms with Crippen LogP contribution in [0.2, 0.25) is 0 Å². The van der Waals surface area contributed by atoms with Crippen molar-refractivity contribution < 1.29 is 23.1 Å². The van der Waals surface area contributed by atoms with E-state index in [4.69, 9.17) is 5.11 Å². The van der Waals surface area contributed by atoms with E-state index in [2.05, 4.69) is 4.74 Å². The average Bonchev–Trinajstić information content (AvgIpc) is 2.65. The van der Waals surface area contributed by atoms with E-state index in [1.54, 1.807) is 0 Å². The van der Waals surface area contributed by atoms with Crippen LogP contribution in [0.25, 0.3) is 0 Å². The van der Waals surface area contributed by atoms with E-state index >= 15 is 0 Å². The van der Waals surface area contributed by atoms with Crippen LogP contribution in [0.15, 0.2) is 0 Å². The maximum Gasteiger partial charge on any atom is 0.322 e. The second kappa shape index (κ2) is 4.91. The highest BCUT2D eigenvalue weighted by molar-refractivity contribution is 7.89. The van der Waals surface area contributed by atoms with Crippen molar-refractivity contribution in [2.45, 2.75) is 18.9 Å². The van der Waals surface area contributed by atoms with Gasteiger partial charge in [0.15, 0.2) is 5.75 Å². The Hall–Kier alpha value is -0.660. The van der Waals surface area contributed by atoms with Gasteiger partial charge in [-0.25, -0.2) is 8.42 Å². The molecule has 0 spiro atoms. The summed E-state index contributed by atoms with van der Waals surface area (Å²) in [7, 11) is -2.49. The minimum atomic E-state index is -3.63. The number of carbonyl (C=O) groups is 1. The Labute approximate surface area is 88.9 Å². The molecule has 0 saturated carbocycles. The molecule has 1 aliphatic heterocycles. The van der Waals surface area contributed by atoms with Gasteiger partial charge in [0.2, 0.25) is 10.0 Å². The summed E-state index contributed by atoms with van der Waals surface area (Å²) in [5.41, 5.74) is 0. The molecule has 1 rings (SSSR count). The van der Waals surface area contributed by atoms with E-state index < -0.39 is 21.7 Å². The fourth-order valence-corrected chi connectivity index (χ4v) is 3.26. The molecular formula is C8H15NO5S. The molecule has 0 aromatic carbocycles. The lowest BCUT2D eigenvalue weighted by Crippen LogP contribution is -2.40. The highest BCUT2D eigenvalue weighted by Crippen LogP contribution is 2.20. The summed E-state index contributed by atoms with van der Waals surface area (Å²) < 4.78 is 28.9. The van der Waals surface area contributed by atoms with Gasteiger partial charge in [-0.1, -0.05) is 0 Å². The molecule has 0 aromatic rings. The fraction of sp³-hybridized carbons (Fsp3) is 0.875. The minimum absolute atomic E-state index is 0.208. The first-order valence-electron chi connectivity index (χ1n) is 4.68. The van der Waals surface area contributed by atoms with E-state index in [1.807, 2.05) is 0 Å². The lowest BCUT2D eigenvalue weighted by Gasteiger charge is -2.21. The summed E-state index contributed by atoms with van der Waals surface area (Å²) in [5.74, 6) is -1.43. The summed E-state index contributed by atoms with van der Waals surface area (Å²) in [4.78, 5) is 10.9. The number of nitrogens with zero attached hydrogens (tertiary/aromatic N) is 1. The topological polar surface area (TPSA) is 83.9 Å². The van der Waals surface area contributed by atoms with Crippen molar-refractivity contribution in [2.24, 2.45) is 0 Å². The Morgan fingerprint density at radius 1 is 1.60 bits per heavy atom. The van der Waals surface area contributed by atoms with Crippen LogP contribution in [-0.4, -0.2) is 55.9 Å². The van der Waals surface area contributed by atoms with Crippen molar-refractivity contribution >= 4 is 16.0 Å². The predicted molar refractivity (Wildman–Crippen MR) is 52.6 cm³/mol. The van der Waals surface area contributed by atoms with Crippen molar-refractivity contribution in [3.05, 3.63) is 0 Å². The van der Waals surface area contributed by atoms with Gasteiger partial charge in [0.05, 0.1) is 13.7 Å². The van der Waals surface area contributed by atoms with Crippen molar-refractivity contribution in [1.29, 1.82) is 0 Å². The normalized spacial score (nSPS) is 22.9. The number of hydrogen-bond acceptors (Lipinski definition) is 5. The van der Waals surface area contributed by atoms with Gasteiger partial charge in [-0.2, -0.15) is 4.31 Å². The quantitative estimate of drug-likeness (QED) is 0.630. The number of esters is 1. The fourth-order valence-electron chi connectivity index (χ4n) is 1.65. The predicted octanol–water partition coefficient (Wildman–Crippen LogP) is -1.05. The summed E-state index contributed by atoms with van der Waals surface area (Å²) >= 11 is 0.